The molecule has 2 N–H and O–H groups in total. The van der Waals surface area contributed by atoms with Crippen LogP contribution in [-0.2, 0) is 11.2 Å². The number of carbonyl (C=O) groups is 1. The summed E-state index contributed by atoms with van der Waals surface area (Å²) in [5, 5.41) is 2.08. The molecule has 0 saturated heterocycles. The number of hydrogen-bond acceptors (Lipinski definition) is 2. The van der Waals surface area contributed by atoms with Gasteiger partial charge in [-0.3, -0.25) is 4.79 Å². The number of nitrogens with two attached hydrogens (primary N) is 1. The summed E-state index contributed by atoms with van der Waals surface area (Å²) in [4.78, 5) is 11.8. The predicted molar refractivity (Wildman–Crippen MR) is 51.2 cm³/mol. The van der Waals surface area contributed by atoms with Gasteiger partial charge in [-0.15, -0.1) is 11.3 Å². The van der Waals surface area contributed by atoms with Crippen molar-refractivity contribution in [1.82, 2.24) is 0 Å². The van der Waals surface area contributed by atoms with E-state index in [-0.39, 0.29) is 5.91 Å². The number of carbonyl (C=O) groups excluding carboxylic acids is 1. The Balaban J connectivity index is 2.33. The zero-order valence-corrected chi connectivity index (χ0v) is 7.99. The molecule has 0 saturated carbocycles. The lowest BCUT2D eigenvalue weighted by Gasteiger charge is -1.96. The highest BCUT2D eigenvalue weighted by Crippen LogP contribution is 2.17. The van der Waals surface area contributed by atoms with E-state index in [9.17, 15) is 4.79 Å². The van der Waals surface area contributed by atoms with Gasteiger partial charge in [-0.1, -0.05) is 0 Å². The topological polar surface area (TPSA) is 43.1 Å². The number of rotatable bonds is 4. The Kier molecular flexibility index (Phi) is 3.29. The van der Waals surface area contributed by atoms with Gasteiger partial charge in [-0.2, -0.15) is 0 Å². The van der Waals surface area contributed by atoms with Crippen LogP contribution >= 0.6 is 11.3 Å². The summed E-state index contributed by atoms with van der Waals surface area (Å²) in [6.45, 7) is 2.09. The number of thiophene rings is 1. The van der Waals surface area contributed by atoms with Crippen LogP contribution in [-0.4, -0.2) is 5.91 Å². The fraction of sp³-hybridized carbons (Fsp3) is 0.444. The van der Waals surface area contributed by atoms with Gasteiger partial charge in [0, 0.05) is 11.3 Å². The van der Waals surface area contributed by atoms with Gasteiger partial charge in [0.2, 0.25) is 5.91 Å². The van der Waals surface area contributed by atoms with Crippen LogP contribution in [0, 0.1) is 6.92 Å². The van der Waals surface area contributed by atoms with Crippen LogP contribution in [0.15, 0.2) is 11.4 Å². The van der Waals surface area contributed by atoms with Gasteiger partial charge >= 0.3 is 0 Å². The van der Waals surface area contributed by atoms with Gasteiger partial charge in [0.05, 0.1) is 0 Å². The minimum absolute atomic E-state index is 0.204. The molecule has 0 unspecified atom stereocenters. The monoisotopic (exact) mass is 183 g/mol. The van der Waals surface area contributed by atoms with Gasteiger partial charge < -0.3 is 5.73 Å². The summed E-state index contributed by atoms with van der Waals surface area (Å²) < 4.78 is 0. The van der Waals surface area contributed by atoms with Crippen molar-refractivity contribution in [3.05, 3.63) is 21.9 Å². The van der Waals surface area contributed by atoms with E-state index in [4.69, 9.17) is 5.73 Å². The highest BCUT2D eigenvalue weighted by Gasteiger charge is 2.00. The summed E-state index contributed by atoms with van der Waals surface area (Å²) in [6.07, 6.45) is 2.35. The molecule has 66 valence electrons. The second-order valence-electron chi connectivity index (χ2n) is 2.85. The first kappa shape index (κ1) is 9.26. The van der Waals surface area contributed by atoms with Crippen LogP contribution in [0.3, 0.4) is 0 Å². The lowest BCUT2D eigenvalue weighted by molar-refractivity contribution is -0.118. The lowest BCUT2D eigenvalue weighted by Crippen LogP contribution is -2.09. The third kappa shape index (κ3) is 2.66. The Labute approximate surface area is 76.4 Å². The molecule has 1 rings (SSSR count). The van der Waals surface area contributed by atoms with E-state index in [1.54, 1.807) is 11.3 Å². The molecule has 0 radical (unpaired) electrons. The molecule has 0 fully saturated rings. The zero-order valence-electron chi connectivity index (χ0n) is 7.17. The molecule has 0 aromatic carbocycles. The maximum atomic E-state index is 10.4. The maximum Gasteiger partial charge on any atom is 0.217 e. The standard InChI is InChI=1S/C9H13NOS/c1-7-5-6-12-8(7)3-2-4-9(10)11/h5-6H,2-4H2,1H3,(H2,10,11). The van der Waals surface area contributed by atoms with E-state index in [0.717, 1.165) is 12.8 Å². The van der Waals surface area contributed by atoms with Crippen molar-refractivity contribution in [1.29, 1.82) is 0 Å². The molecular formula is C9H13NOS. The van der Waals surface area contributed by atoms with Gasteiger partial charge in [0.1, 0.15) is 0 Å². The van der Waals surface area contributed by atoms with Gasteiger partial charge in [-0.05, 0) is 36.8 Å². The molecule has 0 spiro atoms. The summed E-state index contributed by atoms with van der Waals surface area (Å²) in [7, 11) is 0. The van der Waals surface area contributed by atoms with Crippen LogP contribution in [0.1, 0.15) is 23.3 Å². The minimum atomic E-state index is -0.204. The second kappa shape index (κ2) is 4.26. The summed E-state index contributed by atoms with van der Waals surface area (Å²) in [6, 6.07) is 2.10. The number of primary amides is 1. The maximum absolute atomic E-state index is 10.4. The third-order valence-electron chi connectivity index (χ3n) is 1.80. The minimum Gasteiger partial charge on any atom is -0.370 e. The van der Waals surface area contributed by atoms with E-state index < -0.39 is 0 Å². The number of amides is 1. The highest BCUT2D eigenvalue weighted by molar-refractivity contribution is 7.10. The van der Waals surface area contributed by atoms with E-state index in [2.05, 4.69) is 18.4 Å². The first-order valence-electron chi connectivity index (χ1n) is 4.01. The number of aryl methyl sites for hydroxylation is 2. The second-order valence-corrected chi connectivity index (χ2v) is 3.85. The quantitative estimate of drug-likeness (QED) is 0.760. The van der Waals surface area contributed by atoms with Crippen LogP contribution in [0.5, 0.6) is 0 Å². The highest BCUT2D eigenvalue weighted by atomic mass is 32.1. The predicted octanol–water partition coefficient (Wildman–Crippen LogP) is 1.86. The van der Waals surface area contributed by atoms with E-state index in [0.29, 0.717) is 6.42 Å². The first-order valence-corrected chi connectivity index (χ1v) is 4.89. The fourth-order valence-electron chi connectivity index (χ4n) is 1.08. The largest absolute Gasteiger partial charge is 0.370 e. The van der Waals surface area contributed by atoms with Crippen LogP contribution < -0.4 is 5.73 Å². The molecule has 0 aliphatic rings. The van der Waals surface area contributed by atoms with Crippen molar-refractivity contribution in [2.75, 3.05) is 0 Å². The molecule has 3 heteroatoms. The third-order valence-corrected chi connectivity index (χ3v) is 2.88. The number of hydrogen-bond donors (Lipinski definition) is 1. The van der Waals surface area contributed by atoms with Crippen molar-refractivity contribution in [3.63, 3.8) is 0 Å². The molecule has 1 aromatic heterocycles. The average molecular weight is 183 g/mol. The molecule has 0 atom stereocenters. The fourth-order valence-corrected chi connectivity index (χ4v) is 2.04. The Morgan fingerprint density at radius 1 is 1.67 bits per heavy atom. The first-order chi connectivity index (χ1) is 5.70. The van der Waals surface area contributed by atoms with Crippen molar-refractivity contribution < 1.29 is 4.79 Å². The van der Waals surface area contributed by atoms with Crippen molar-refractivity contribution in [2.24, 2.45) is 5.73 Å². The van der Waals surface area contributed by atoms with Crippen LogP contribution in [0.25, 0.3) is 0 Å². The Bertz CT molecular complexity index is 267. The zero-order chi connectivity index (χ0) is 8.97. The molecule has 1 amide bonds. The normalized spacial score (nSPS) is 10.1. The van der Waals surface area contributed by atoms with Crippen molar-refractivity contribution in [2.45, 2.75) is 26.2 Å². The van der Waals surface area contributed by atoms with Crippen LogP contribution in [0.2, 0.25) is 0 Å². The summed E-state index contributed by atoms with van der Waals surface area (Å²) in [5.74, 6) is -0.204. The Morgan fingerprint density at radius 3 is 2.92 bits per heavy atom. The summed E-state index contributed by atoms with van der Waals surface area (Å²) >= 11 is 1.75. The molecule has 1 aromatic rings. The van der Waals surface area contributed by atoms with Gasteiger partial charge in [0.15, 0.2) is 0 Å². The Morgan fingerprint density at radius 2 is 2.42 bits per heavy atom. The molecule has 0 aliphatic carbocycles. The van der Waals surface area contributed by atoms with Crippen LogP contribution in [0.4, 0.5) is 0 Å². The molecule has 12 heavy (non-hydrogen) atoms. The van der Waals surface area contributed by atoms with Crippen molar-refractivity contribution in [3.8, 4) is 0 Å². The molecule has 0 bridgehead atoms. The van der Waals surface area contributed by atoms with Gasteiger partial charge in [-0.25, -0.2) is 0 Å². The average Bonchev–Trinajstić information content (AvgIpc) is 2.36. The SMILES string of the molecule is Cc1ccsc1CCCC(N)=O. The van der Waals surface area contributed by atoms with Crippen molar-refractivity contribution >= 4 is 17.2 Å². The van der Waals surface area contributed by atoms with E-state index in [1.807, 2.05) is 0 Å². The Hall–Kier alpha value is -0.830. The molecule has 0 aliphatic heterocycles. The molecule has 2 nitrogen and oxygen atoms in total. The van der Waals surface area contributed by atoms with Gasteiger partial charge in [0.25, 0.3) is 0 Å². The van der Waals surface area contributed by atoms with E-state index in [1.165, 1.54) is 10.4 Å². The lowest BCUT2D eigenvalue weighted by atomic mass is 10.1. The van der Waals surface area contributed by atoms with E-state index >= 15 is 0 Å². The smallest absolute Gasteiger partial charge is 0.217 e. The summed E-state index contributed by atoms with van der Waals surface area (Å²) in [5.41, 5.74) is 6.36. The molecular weight excluding hydrogens is 170 g/mol. The molecule has 1 heterocycles.